The zero-order chi connectivity index (χ0) is 22.2. The third kappa shape index (κ3) is 7.13. The highest BCUT2D eigenvalue weighted by molar-refractivity contribution is 6.01. The number of halogens is 1. The lowest BCUT2D eigenvalue weighted by Crippen LogP contribution is -2.29. The molecule has 1 heterocycles. The van der Waals surface area contributed by atoms with Crippen LogP contribution in [0.5, 0.6) is 5.75 Å². The van der Waals surface area contributed by atoms with Gasteiger partial charge in [0, 0.05) is 18.7 Å². The van der Waals surface area contributed by atoms with Crippen molar-refractivity contribution in [1.29, 1.82) is 0 Å². The molecule has 0 saturated heterocycles. The summed E-state index contributed by atoms with van der Waals surface area (Å²) < 4.78 is 13.4. The summed E-state index contributed by atoms with van der Waals surface area (Å²) in [5.74, 6) is -0.510. The number of phenolic OH excluding ortho intramolecular Hbond substituents is 1. The zero-order valence-electron chi connectivity index (χ0n) is 17.3. The Hall–Kier alpha value is -3.35. The van der Waals surface area contributed by atoms with Gasteiger partial charge >= 0.3 is 5.97 Å². The summed E-state index contributed by atoms with van der Waals surface area (Å²) in [5, 5.41) is 20.7. The van der Waals surface area contributed by atoms with Gasteiger partial charge in [-0.15, -0.1) is 0 Å². The molecule has 0 unspecified atom stereocenters. The summed E-state index contributed by atoms with van der Waals surface area (Å²) in [4.78, 5) is 25.3. The number of hydrogen-bond acceptors (Lipinski definition) is 4. The van der Waals surface area contributed by atoms with Gasteiger partial charge in [0.1, 0.15) is 11.6 Å². The summed E-state index contributed by atoms with van der Waals surface area (Å²) in [5.41, 5.74) is 0.967. The van der Waals surface area contributed by atoms with Crippen molar-refractivity contribution >= 4 is 23.3 Å². The van der Waals surface area contributed by atoms with E-state index in [-0.39, 0.29) is 23.8 Å². The molecule has 0 atom stereocenters. The Morgan fingerprint density at radius 1 is 1.13 bits per heavy atom. The number of carbonyl (C=O) groups is 2. The van der Waals surface area contributed by atoms with E-state index in [2.05, 4.69) is 5.32 Å². The number of aromatic carboxylic acids is 1. The number of para-hydroxylation sites is 1. The van der Waals surface area contributed by atoms with Crippen LogP contribution in [0.4, 0.5) is 15.8 Å². The second-order valence-corrected chi connectivity index (χ2v) is 7.76. The first kappa shape index (κ1) is 22.3. The Morgan fingerprint density at radius 3 is 2.45 bits per heavy atom. The maximum absolute atomic E-state index is 13.4. The lowest BCUT2D eigenvalue weighted by Gasteiger charge is -2.27. The lowest BCUT2D eigenvalue weighted by molar-refractivity contribution is -0.116. The van der Waals surface area contributed by atoms with Crippen molar-refractivity contribution in [1.82, 2.24) is 0 Å². The minimum Gasteiger partial charge on any atom is -0.508 e. The first-order valence-corrected chi connectivity index (χ1v) is 10.4. The van der Waals surface area contributed by atoms with Gasteiger partial charge in [0.2, 0.25) is 5.91 Å². The Labute approximate surface area is 181 Å². The number of carbonyl (C=O) groups excluding carboxylic acids is 1. The molecule has 1 fully saturated rings. The van der Waals surface area contributed by atoms with Crippen LogP contribution in [0.25, 0.3) is 0 Å². The molecule has 4 rings (SSSR count). The summed E-state index contributed by atoms with van der Waals surface area (Å²) in [7, 11) is 0. The van der Waals surface area contributed by atoms with Crippen LogP contribution in [0.1, 0.15) is 42.5 Å². The van der Waals surface area contributed by atoms with Crippen LogP contribution in [-0.2, 0) is 4.79 Å². The molecule has 7 heteroatoms. The second kappa shape index (κ2) is 10.6. The Morgan fingerprint density at radius 2 is 1.87 bits per heavy atom. The number of aromatic hydroxyl groups is 1. The SMILES string of the molecule is O=C(CCC1CC1)Nc1ccc(N2CCC=C(F)C2)cc1C(=O)O.Oc1ccccc1. The first-order chi connectivity index (χ1) is 14.9. The molecule has 0 aromatic heterocycles. The van der Waals surface area contributed by atoms with Crippen LogP contribution >= 0.6 is 0 Å². The van der Waals surface area contributed by atoms with Crippen LogP contribution in [0, 0.1) is 5.92 Å². The van der Waals surface area contributed by atoms with Gasteiger partial charge in [-0.25, -0.2) is 9.18 Å². The quantitative estimate of drug-likeness (QED) is 0.607. The predicted molar refractivity (Wildman–Crippen MR) is 118 cm³/mol. The van der Waals surface area contributed by atoms with E-state index in [0.717, 1.165) is 6.42 Å². The number of anilines is 2. The average molecular weight is 426 g/mol. The van der Waals surface area contributed by atoms with Gasteiger partial charge in [-0.3, -0.25) is 4.79 Å². The highest BCUT2D eigenvalue weighted by Crippen LogP contribution is 2.33. The van der Waals surface area contributed by atoms with Crippen molar-refractivity contribution in [2.75, 3.05) is 23.3 Å². The van der Waals surface area contributed by atoms with Crippen molar-refractivity contribution in [3.63, 3.8) is 0 Å². The molecule has 164 valence electrons. The number of carboxylic acids is 1. The van der Waals surface area contributed by atoms with Gasteiger partial charge in [-0.05, 0) is 55.2 Å². The standard InChI is InChI=1S/C18H21FN2O3.C6H6O/c19-13-2-1-9-21(11-13)14-6-7-16(15(10-14)18(23)24)20-17(22)8-5-12-3-4-12;7-6-4-2-1-3-5-6/h2,6-7,10,12H,1,3-5,8-9,11H2,(H,20,22)(H,23,24);1-5,7H. The van der Waals surface area contributed by atoms with E-state index in [9.17, 15) is 19.1 Å². The summed E-state index contributed by atoms with van der Waals surface area (Å²) >= 11 is 0. The predicted octanol–water partition coefficient (Wildman–Crippen LogP) is 4.97. The van der Waals surface area contributed by atoms with Gasteiger partial charge in [-0.2, -0.15) is 0 Å². The fraction of sp³-hybridized carbons (Fsp3) is 0.333. The first-order valence-electron chi connectivity index (χ1n) is 10.4. The van der Waals surface area contributed by atoms with E-state index >= 15 is 0 Å². The summed E-state index contributed by atoms with van der Waals surface area (Å²) in [6.45, 7) is 0.783. The topological polar surface area (TPSA) is 89.9 Å². The number of amides is 1. The van der Waals surface area contributed by atoms with Crippen LogP contribution in [0.3, 0.4) is 0 Å². The molecule has 0 radical (unpaired) electrons. The molecule has 1 aliphatic heterocycles. The third-order valence-corrected chi connectivity index (χ3v) is 5.21. The van der Waals surface area contributed by atoms with E-state index in [1.54, 1.807) is 47.4 Å². The molecule has 31 heavy (non-hydrogen) atoms. The molecule has 1 aliphatic carbocycles. The summed E-state index contributed by atoms with van der Waals surface area (Å²) in [6.07, 6.45) is 5.77. The van der Waals surface area contributed by atoms with Crippen LogP contribution in [0.15, 0.2) is 60.4 Å². The molecular formula is C24H27FN2O4. The number of phenols is 1. The summed E-state index contributed by atoms with van der Waals surface area (Å²) in [6, 6.07) is 13.5. The maximum Gasteiger partial charge on any atom is 0.337 e. The molecule has 2 aliphatic rings. The molecule has 3 N–H and O–H groups in total. The normalized spacial score (nSPS) is 15.4. The van der Waals surface area contributed by atoms with Crippen LogP contribution < -0.4 is 10.2 Å². The van der Waals surface area contributed by atoms with Crippen molar-refractivity contribution in [2.45, 2.75) is 32.1 Å². The van der Waals surface area contributed by atoms with E-state index < -0.39 is 5.97 Å². The van der Waals surface area contributed by atoms with Crippen LogP contribution in [-0.4, -0.2) is 35.2 Å². The van der Waals surface area contributed by atoms with Crippen molar-refractivity contribution < 1.29 is 24.2 Å². The molecule has 2 aromatic rings. The Balaban J connectivity index is 0.000000330. The van der Waals surface area contributed by atoms with Crippen LogP contribution in [0.2, 0.25) is 0 Å². The number of rotatable bonds is 6. The Bertz CT molecular complexity index is 942. The maximum atomic E-state index is 13.4. The number of hydrogen-bond donors (Lipinski definition) is 3. The number of carboxylic acid groups (broad SMARTS) is 1. The minimum atomic E-state index is -1.11. The fourth-order valence-corrected chi connectivity index (χ4v) is 3.32. The number of nitrogens with one attached hydrogen (secondary N) is 1. The van der Waals surface area contributed by atoms with E-state index in [4.69, 9.17) is 5.11 Å². The monoisotopic (exact) mass is 426 g/mol. The lowest BCUT2D eigenvalue weighted by atomic mass is 10.1. The molecule has 0 spiro atoms. The fourth-order valence-electron chi connectivity index (χ4n) is 3.32. The molecule has 1 amide bonds. The molecule has 0 bridgehead atoms. The van der Waals surface area contributed by atoms with Gasteiger partial charge < -0.3 is 20.4 Å². The van der Waals surface area contributed by atoms with Crippen molar-refractivity contribution in [3.8, 4) is 5.75 Å². The largest absolute Gasteiger partial charge is 0.508 e. The number of benzene rings is 2. The van der Waals surface area contributed by atoms with Crippen molar-refractivity contribution in [2.24, 2.45) is 5.92 Å². The van der Waals surface area contributed by atoms with Gasteiger partial charge in [0.25, 0.3) is 0 Å². The van der Waals surface area contributed by atoms with Gasteiger partial charge in [0.05, 0.1) is 17.8 Å². The Kier molecular flexibility index (Phi) is 7.65. The highest BCUT2D eigenvalue weighted by atomic mass is 19.1. The van der Waals surface area contributed by atoms with Gasteiger partial charge in [-0.1, -0.05) is 31.0 Å². The smallest absolute Gasteiger partial charge is 0.337 e. The van der Waals surface area contributed by atoms with E-state index in [1.165, 1.54) is 18.9 Å². The molecular weight excluding hydrogens is 399 g/mol. The highest BCUT2D eigenvalue weighted by Gasteiger charge is 2.23. The van der Waals surface area contributed by atoms with E-state index in [0.29, 0.717) is 42.4 Å². The van der Waals surface area contributed by atoms with E-state index in [1.807, 2.05) is 6.07 Å². The second-order valence-electron chi connectivity index (χ2n) is 7.76. The number of nitrogens with zero attached hydrogens (tertiary/aromatic N) is 1. The minimum absolute atomic E-state index is 0.0298. The molecule has 1 saturated carbocycles. The van der Waals surface area contributed by atoms with Gasteiger partial charge in [0.15, 0.2) is 0 Å². The average Bonchev–Trinajstić information content (AvgIpc) is 3.58. The van der Waals surface area contributed by atoms with Crippen molar-refractivity contribution in [3.05, 3.63) is 66.0 Å². The molecule has 6 nitrogen and oxygen atoms in total. The zero-order valence-corrected chi connectivity index (χ0v) is 17.3. The third-order valence-electron chi connectivity index (χ3n) is 5.21. The molecule has 2 aromatic carbocycles.